The van der Waals surface area contributed by atoms with Gasteiger partial charge in [0, 0.05) is 16.5 Å². The first-order chi connectivity index (χ1) is 16.0. The Morgan fingerprint density at radius 1 is 1.29 bits per heavy atom. The fraction of sp³-hybridized carbons (Fsp3) is 0.391. The number of H-pyrrole nitrogens is 1. The summed E-state index contributed by atoms with van der Waals surface area (Å²) < 4.78 is 49.7. The number of benzene rings is 2. The van der Waals surface area contributed by atoms with Gasteiger partial charge in [-0.2, -0.15) is 4.72 Å². The molecule has 0 saturated heterocycles. The molecular formula is C23H25ClFN3O5S. The highest BCUT2D eigenvalue weighted by molar-refractivity contribution is 7.89. The minimum absolute atomic E-state index is 0.129. The predicted molar refractivity (Wildman–Crippen MR) is 124 cm³/mol. The monoisotopic (exact) mass is 509 g/mol. The van der Waals surface area contributed by atoms with Gasteiger partial charge >= 0.3 is 5.76 Å². The average Bonchev–Trinajstić information content (AvgIpc) is 3.21. The van der Waals surface area contributed by atoms with Crippen LogP contribution < -0.4 is 10.5 Å². The third-order valence-corrected chi connectivity index (χ3v) is 8.33. The van der Waals surface area contributed by atoms with E-state index in [1.54, 1.807) is 19.9 Å². The summed E-state index contributed by atoms with van der Waals surface area (Å²) in [6, 6.07) is 4.54. The van der Waals surface area contributed by atoms with Gasteiger partial charge in [0.1, 0.15) is 11.9 Å². The van der Waals surface area contributed by atoms with Crippen molar-refractivity contribution in [3.63, 3.8) is 0 Å². The molecule has 3 aromatic rings. The number of nitrogens with zero attached hydrogens (tertiary/aromatic N) is 1. The molecule has 34 heavy (non-hydrogen) atoms. The van der Waals surface area contributed by atoms with E-state index in [1.807, 2.05) is 6.92 Å². The van der Waals surface area contributed by atoms with Crippen molar-refractivity contribution in [1.29, 1.82) is 0 Å². The van der Waals surface area contributed by atoms with Crippen molar-refractivity contribution in [3.8, 4) is 0 Å². The zero-order valence-corrected chi connectivity index (χ0v) is 20.4. The van der Waals surface area contributed by atoms with Gasteiger partial charge in [-0.25, -0.2) is 22.7 Å². The first-order valence-electron chi connectivity index (χ1n) is 10.8. The molecule has 0 aliphatic heterocycles. The van der Waals surface area contributed by atoms with Crippen molar-refractivity contribution in [1.82, 2.24) is 14.9 Å². The molecule has 2 aromatic carbocycles. The van der Waals surface area contributed by atoms with Gasteiger partial charge in [0.25, 0.3) is 0 Å². The number of sulfonamides is 1. The lowest BCUT2D eigenvalue weighted by Gasteiger charge is -2.28. The molecule has 1 aromatic heterocycles. The molecule has 0 bridgehead atoms. The molecule has 182 valence electrons. The van der Waals surface area contributed by atoms with Gasteiger partial charge in [-0.05, 0) is 73.6 Å². The second kappa shape index (κ2) is 9.26. The predicted octanol–water partition coefficient (Wildman–Crippen LogP) is 3.97. The molecule has 0 radical (unpaired) electrons. The molecule has 0 spiro atoms. The molecule has 11 heteroatoms. The average molecular weight is 510 g/mol. The van der Waals surface area contributed by atoms with Gasteiger partial charge in [-0.1, -0.05) is 24.6 Å². The van der Waals surface area contributed by atoms with Crippen LogP contribution in [-0.4, -0.2) is 23.7 Å². The molecule has 0 amide bonds. The molecule has 3 N–H and O–H groups in total. The highest BCUT2D eigenvalue weighted by atomic mass is 35.5. The molecule has 4 rings (SSSR count). The number of halogens is 2. The van der Waals surface area contributed by atoms with E-state index in [2.05, 4.69) is 14.9 Å². The molecule has 8 nitrogen and oxygen atoms in total. The Morgan fingerprint density at radius 2 is 2.03 bits per heavy atom. The molecular weight excluding hydrogens is 485 g/mol. The summed E-state index contributed by atoms with van der Waals surface area (Å²) in [6.45, 7) is 5.18. The molecule has 1 aliphatic rings. The molecule has 0 fully saturated rings. The number of hydrogen-bond acceptors (Lipinski definition) is 6. The van der Waals surface area contributed by atoms with Crippen LogP contribution in [0.3, 0.4) is 0 Å². The summed E-state index contributed by atoms with van der Waals surface area (Å²) >= 11 is 6.28. The van der Waals surface area contributed by atoms with Crippen molar-refractivity contribution in [3.05, 3.63) is 79.4 Å². The van der Waals surface area contributed by atoms with E-state index < -0.39 is 39.7 Å². The van der Waals surface area contributed by atoms with E-state index in [0.29, 0.717) is 35.4 Å². The number of nitrogens with one attached hydrogen (secondary N) is 2. The standard InChI is InChI=1S/C23H25ClFN3O5S/c1-11-7-9-16(25)19(12(11)2)13(3)21(22-26-27-23(30)33-22)28-34(31,32)18-10-8-15(24)14-5-4-6-17(29)20(14)18/h7-10,13,17,21,28-29H,4-6H2,1-3H3,(H,27,30). The third kappa shape index (κ3) is 4.43. The molecule has 3 unspecified atom stereocenters. The summed E-state index contributed by atoms with van der Waals surface area (Å²) in [5.74, 6) is -2.41. The maximum atomic E-state index is 14.9. The summed E-state index contributed by atoms with van der Waals surface area (Å²) in [5.41, 5.74) is 2.58. The Kier molecular flexibility index (Phi) is 6.69. The number of aryl methyl sites for hydroxylation is 1. The third-order valence-electron chi connectivity index (χ3n) is 6.48. The van der Waals surface area contributed by atoms with Gasteiger partial charge in [0.05, 0.1) is 11.0 Å². The van der Waals surface area contributed by atoms with Crippen molar-refractivity contribution in [2.75, 3.05) is 0 Å². The van der Waals surface area contributed by atoms with Crippen molar-refractivity contribution >= 4 is 21.6 Å². The topological polar surface area (TPSA) is 125 Å². The fourth-order valence-corrected chi connectivity index (χ4v) is 6.41. The largest absolute Gasteiger partial charge is 0.434 e. The zero-order chi connectivity index (χ0) is 24.8. The quantitative estimate of drug-likeness (QED) is 0.461. The second-order valence-corrected chi connectivity index (χ2v) is 10.7. The van der Waals surface area contributed by atoms with Gasteiger partial charge in [-0.15, -0.1) is 5.10 Å². The fourth-order valence-electron chi connectivity index (χ4n) is 4.59. The highest BCUT2D eigenvalue weighted by Crippen LogP contribution is 2.40. The van der Waals surface area contributed by atoms with Crippen LogP contribution in [0.25, 0.3) is 0 Å². The first kappa shape index (κ1) is 24.6. The van der Waals surface area contributed by atoms with Crippen molar-refractivity contribution < 1.29 is 22.3 Å². The normalized spacial score (nSPS) is 17.9. The molecule has 1 heterocycles. The zero-order valence-electron chi connectivity index (χ0n) is 18.9. The van der Waals surface area contributed by atoms with Crippen LogP contribution in [0.4, 0.5) is 4.39 Å². The number of fused-ring (bicyclic) bond motifs is 1. The van der Waals surface area contributed by atoms with Gasteiger partial charge in [0.15, 0.2) is 0 Å². The Balaban J connectivity index is 1.83. The van der Waals surface area contributed by atoms with E-state index in [-0.39, 0.29) is 21.9 Å². The van der Waals surface area contributed by atoms with E-state index >= 15 is 0 Å². The van der Waals surface area contributed by atoms with Crippen LogP contribution in [0.2, 0.25) is 5.02 Å². The van der Waals surface area contributed by atoms with Crippen LogP contribution in [-0.2, 0) is 16.4 Å². The van der Waals surface area contributed by atoms with Gasteiger partial charge in [-0.3, -0.25) is 0 Å². The Hall–Kier alpha value is -2.53. The maximum absolute atomic E-state index is 14.9. The minimum atomic E-state index is -4.29. The number of aromatic amines is 1. The van der Waals surface area contributed by atoms with Crippen LogP contribution in [0, 0.1) is 19.7 Å². The highest BCUT2D eigenvalue weighted by Gasteiger charge is 2.36. The van der Waals surface area contributed by atoms with Crippen LogP contribution in [0.1, 0.15) is 71.5 Å². The van der Waals surface area contributed by atoms with Gasteiger partial charge < -0.3 is 9.52 Å². The number of hydrogen-bond donors (Lipinski definition) is 3. The molecule has 3 atom stereocenters. The van der Waals surface area contributed by atoms with Gasteiger partial charge in [0.2, 0.25) is 15.9 Å². The number of aliphatic hydroxyl groups is 1. The number of aromatic nitrogens is 2. The minimum Gasteiger partial charge on any atom is -0.391 e. The van der Waals surface area contributed by atoms with Crippen LogP contribution >= 0.6 is 11.6 Å². The van der Waals surface area contributed by atoms with E-state index in [4.69, 9.17) is 16.0 Å². The SMILES string of the molecule is Cc1ccc(F)c(C(C)C(NS(=O)(=O)c2ccc(Cl)c3c2C(O)CCC3)c2n[nH]c(=O)o2)c1C. The smallest absolute Gasteiger partial charge is 0.391 e. The number of aliphatic hydroxyl groups excluding tert-OH is 1. The van der Waals surface area contributed by atoms with E-state index in [0.717, 1.165) is 5.56 Å². The number of rotatable bonds is 6. The Bertz CT molecular complexity index is 1400. The lowest BCUT2D eigenvalue weighted by atomic mass is 9.88. The lowest BCUT2D eigenvalue weighted by Crippen LogP contribution is -2.34. The Labute approximate surface area is 201 Å². The lowest BCUT2D eigenvalue weighted by molar-refractivity contribution is 0.153. The summed E-state index contributed by atoms with van der Waals surface area (Å²) in [4.78, 5) is 11.5. The van der Waals surface area contributed by atoms with Crippen LogP contribution in [0.15, 0.2) is 38.4 Å². The Morgan fingerprint density at radius 3 is 2.71 bits per heavy atom. The summed E-state index contributed by atoms with van der Waals surface area (Å²) in [5, 5.41) is 16.9. The summed E-state index contributed by atoms with van der Waals surface area (Å²) in [7, 11) is -4.29. The van der Waals surface area contributed by atoms with Crippen LogP contribution in [0.5, 0.6) is 0 Å². The molecule has 0 saturated carbocycles. The molecule has 1 aliphatic carbocycles. The second-order valence-electron chi connectivity index (χ2n) is 8.59. The maximum Gasteiger partial charge on any atom is 0.434 e. The van der Waals surface area contributed by atoms with Crippen molar-refractivity contribution in [2.24, 2.45) is 0 Å². The summed E-state index contributed by atoms with van der Waals surface area (Å²) in [6.07, 6.45) is 0.618. The van der Waals surface area contributed by atoms with Crippen molar-refractivity contribution in [2.45, 2.75) is 63.0 Å². The first-order valence-corrected chi connectivity index (χ1v) is 12.7. The van der Waals surface area contributed by atoms with E-state index in [1.165, 1.54) is 18.2 Å². The van der Waals surface area contributed by atoms with E-state index in [9.17, 15) is 22.7 Å².